The van der Waals surface area contributed by atoms with Crippen LogP contribution in [0.1, 0.15) is 32.1 Å². The predicted octanol–water partition coefficient (Wildman–Crippen LogP) is 2.16. The monoisotopic (exact) mass is 408 g/mol. The van der Waals surface area contributed by atoms with E-state index in [9.17, 15) is 18.0 Å². The first-order chi connectivity index (χ1) is 13.1. The van der Waals surface area contributed by atoms with Crippen molar-refractivity contribution in [2.75, 3.05) is 31.3 Å². The first-order valence-electron chi connectivity index (χ1n) is 8.57. The third kappa shape index (κ3) is 5.43. The molecule has 0 saturated heterocycles. The fourth-order valence-electron chi connectivity index (χ4n) is 2.85. The van der Waals surface area contributed by atoms with Crippen molar-refractivity contribution >= 4 is 27.5 Å². The summed E-state index contributed by atoms with van der Waals surface area (Å²) >= 11 is 0. The fourth-order valence-corrected chi connectivity index (χ4v) is 3.42. The highest BCUT2D eigenvalue weighted by atomic mass is 32.2. The van der Waals surface area contributed by atoms with Gasteiger partial charge < -0.3 is 14.0 Å². The third-order valence-electron chi connectivity index (χ3n) is 4.17. The van der Waals surface area contributed by atoms with Crippen LogP contribution in [0.3, 0.4) is 0 Å². The molecule has 0 atom stereocenters. The number of aromatic nitrogens is 1. The lowest BCUT2D eigenvalue weighted by atomic mass is 10.1. The average Bonchev–Trinajstić information content (AvgIpc) is 2.91. The molecule has 1 N–H and O–H groups in total. The van der Waals surface area contributed by atoms with E-state index in [1.807, 2.05) is 18.4 Å². The number of methoxy groups -OCH3 is 1. The number of anilines is 1. The Bertz CT molecular complexity index is 978. The molecule has 1 aromatic carbocycles. The van der Waals surface area contributed by atoms with E-state index in [-0.39, 0.29) is 17.0 Å². The Kier molecular flexibility index (Phi) is 6.98. The summed E-state index contributed by atoms with van der Waals surface area (Å²) in [6.45, 7) is 4.40. The zero-order valence-corrected chi connectivity index (χ0v) is 17.1. The lowest BCUT2D eigenvalue weighted by molar-refractivity contribution is 0.0475. The number of aryl methyl sites for hydroxylation is 1. The highest BCUT2D eigenvalue weighted by Crippen LogP contribution is 2.19. The summed E-state index contributed by atoms with van der Waals surface area (Å²) in [6, 6.07) is 7.79. The third-order valence-corrected chi connectivity index (χ3v) is 4.76. The maximum atomic E-state index is 12.5. The van der Waals surface area contributed by atoms with Crippen LogP contribution in [-0.2, 0) is 26.0 Å². The Balaban J connectivity index is 2.11. The van der Waals surface area contributed by atoms with Gasteiger partial charge in [0, 0.05) is 30.6 Å². The first-order valence-corrected chi connectivity index (χ1v) is 10.5. The van der Waals surface area contributed by atoms with Gasteiger partial charge in [-0.25, -0.2) is 13.2 Å². The van der Waals surface area contributed by atoms with Gasteiger partial charge in [0.15, 0.2) is 6.61 Å². The van der Waals surface area contributed by atoms with Crippen molar-refractivity contribution in [1.82, 2.24) is 4.57 Å². The maximum absolute atomic E-state index is 12.5. The Hall–Kier alpha value is -2.65. The molecule has 1 aromatic heterocycles. The summed E-state index contributed by atoms with van der Waals surface area (Å²) in [6.07, 6.45) is 0.984. The number of carbonyl (C=O) groups excluding carboxylic acids is 2. The van der Waals surface area contributed by atoms with Crippen molar-refractivity contribution in [1.29, 1.82) is 0 Å². The molecule has 8 nitrogen and oxygen atoms in total. The normalized spacial score (nSPS) is 11.3. The zero-order chi connectivity index (χ0) is 20.9. The quantitative estimate of drug-likeness (QED) is 0.504. The summed E-state index contributed by atoms with van der Waals surface area (Å²) in [7, 11) is -1.95. The van der Waals surface area contributed by atoms with Crippen molar-refractivity contribution in [2.45, 2.75) is 20.4 Å². The molecule has 2 aromatic rings. The van der Waals surface area contributed by atoms with Crippen molar-refractivity contribution in [3.8, 4) is 0 Å². The molecule has 0 amide bonds. The van der Waals surface area contributed by atoms with Crippen LogP contribution in [0.4, 0.5) is 5.69 Å². The van der Waals surface area contributed by atoms with Gasteiger partial charge in [-0.1, -0.05) is 12.1 Å². The van der Waals surface area contributed by atoms with Gasteiger partial charge in [-0.2, -0.15) is 0 Å². The molecule has 0 aliphatic carbocycles. The van der Waals surface area contributed by atoms with Crippen LogP contribution < -0.4 is 4.72 Å². The van der Waals surface area contributed by atoms with Gasteiger partial charge in [0.25, 0.3) is 0 Å². The predicted molar refractivity (Wildman–Crippen MR) is 105 cm³/mol. The zero-order valence-electron chi connectivity index (χ0n) is 16.3. The van der Waals surface area contributed by atoms with Crippen molar-refractivity contribution in [3.05, 3.63) is 52.8 Å². The van der Waals surface area contributed by atoms with E-state index in [1.54, 1.807) is 25.3 Å². The number of para-hydroxylation sites is 1. The molecule has 2 rings (SSSR count). The van der Waals surface area contributed by atoms with Crippen LogP contribution >= 0.6 is 0 Å². The molecule has 0 radical (unpaired) electrons. The Morgan fingerprint density at radius 2 is 1.82 bits per heavy atom. The molecule has 0 bridgehead atoms. The van der Waals surface area contributed by atoms with Gasteiger partial charge >= 0.3 is 5.97 Å². The molecule has 9 heteroatoms. The molecular formula is C19H24N2O6S. The lowest BCUT2D eigenvalue weighted by Crippen LogP contribution is -2.18. The van der Waals surface area contributed by atoms with Crippen molar-refractivity contribution in [3.63, 3.8) is 0 Å². The Morgan fingerprint density at radius 1 is 1.14 bits per heavy atom. The molecule has 0 saturated carbocycles. The summed E-state index contributed by atoms with van der Waals surface area (Å²) < 4.78 is 37.3. The van der Waals surface area contributed by atoms with Crippen LogP contribution in [0.25, 0.3) is 0 Å². The van der Waals surface area contributed by atoms with E-state index in [4.69, 9.17) is 9.47 Å². The number of ether oxygens (including phenoxy) is 2. The van der Waals surface area contributed by atoms with Gasteiger partial charge in [0.1, 0.15) is 0 Å². The maximum Gasteiger partial charge on any atom is 0.340 e. The van der Waals surface area contributed by atoms with Gasteiger partial charge in [0.05, 0.1) is 24.1 Å². The number of hydrogen-bond acceptors (Lipinski definition) is 6. The van der Waals surface area contributed by atoms with E-state index in [0.29, 0.717) is 18.7 Å². The largest absolute Gasteiger partial charge is 0.454 e. The van der Waals surface area contributed by atoms with E-state index in [2.05, 4.69) is 4.72 Å². The average molecular weight is 408 g/mol. The Morgan fingerprint density at radius 3 is 2.46 bits per heavy atom. The summed E-state index contributed by atoms with van der Waals surface area (Å²) in [5.41, 5.74) is 2.29. The molecule has 0 unspecified atom stereocenters. The van der Waals surface area contributed by atoms with Crippen LogP contribution in [0.15, 0.2) is 30.3 Å². The second-order valence-electron chi connectivity index (χ2n) is 6.35. The summed E-state index contributed by atoms with van der Waals surface area (Å²) in [4.78, 5) is 24.9. The molecule has 1 heterocycles. The number of nitrogens with zero attached hydrogens (tertiary/aromatic N) is 1. The van der Waals surface area contributed by atoms with Gasteiger partial charge in [0.2, 0.25) is 15.8 Å². The fraction of sp³-hybridized carbons (Fsp3) is 0.368. The molecule has 28 heavy (non-hydrogen) atoms. The number of hydrogen-bond donors (Lipinski definition) is 1. The van der Waals surface area contributed by atoms with Gasteiger partial charge in [-0.15, -0.1) is 0 Å². The second kappa shape index (κ2) is 9.03. The summed E-state index contributed by atoms with van der Waals surface area (Å²) in [5.74, 6) is -1.12. The minimum Gasteiger partial charge on any atom is -0.454 e. The van der Waals surface area contributed by atoms with Gasteiger partial charge in [-0.3, -0.25) is 9.52 Å². The van der Waals surface area contributed by atoms with Crippen LogP contribution in [-0.4, -0.2) is 51.3 Å². The minimum atomic E-state index is -3.56. The van der Waals surface area contributed by atoms with E-state index < -0.39 is 22.6 Å². The number of nitrogens with one attached hydrogen (secondary N) is 1. The number of benzene rings is 1. The highest BCUT2D eigenvalue weighted by molar-refractivity contribution is 7.92. The van der Waals surface area contributed by atoms with E-state index >= 15 is 0 Å². The molecule has 0 spiro atoms. The number of carbonyl (C=O) groups is 2. The van der Waals surface area contributed by atoms with Crippen molar-refractivity contribution < 1.29 is 27.5 Å². The molecular weight excluding hydrogens is 384 g/mol. The standard InChI is InChI=1S/C19H24N2O6S/c1-13-11-16(14(2)21(13)9-10-26-3)18(22)12-27-19(23)15-7-5-6-8-17(15)20-28(4,24)25/h5-8,11,20H,9-10,12H2,1-4H3. The molecule has 0 aliphatic heterocycles. The van der Waals surface area contributed by atoms with Crippen LogP contribution in [0.2, 0.25) is 0 Å². The Labute approximate surface area is 164 Å². The van der Waals surface area contributed by atoms with E-state index in [1.165, 1.54) is 12.1 Å². The number of rotatable bonds is 9. The van der Waals surface area contributed by atoms with Crippen molar-refractivity contribution in [2.24, 2.45) is 0 Å². The number of Topliss-reactive ketones (excluding diaryl/α,β-unsaturated/α-hetero) is 1. The SMILES string of the molecule is COCCn1c(C)cc(C(=O)COC(=O)c2ccccc2NS(C)(=O)=O)c1C. The summed E-state index contributed by atoms with van der Waals surface area (Å²) in [5, 5.41) is 0. The minimum absolute atomic E-state index is 0.0336. The smallest absolute Gasteiger partial charge is 0.340 e. The highest BCUT2D eigenvalue weighted by Gasteiger charge is 2.19. The second-order valence-corrected chi connectivity index (χ2v) is 8.10. The lowest BCUT2D eigenvalue weighted by Gasteiger charge is -2.11. The van der Waals surface area contributed by atoms with Gasteiger partial charge in [-0.05, 0) is 32.0 Å². The van der Waals surface area contributed by atoms with Crippen LogP contribution in [0.5, 0.6) is 0 Å². The number of ketones is 1. The molecule has 0 fully saturated rings. The number of sulfonamides is 1. The topological polar surface area (TPSA) is 104 Å². The number of esters is 1. The molecule has 0 aliphatic rings. The van der Waals surface area contributed by atoms with Crippen LogP contribution in [0, 0.1) is 13.8 Å². The molecule has 152 valence electrons. The van der Waals surface area contributed by atoms with E-state index in [0.717, 1.165) is 17.6 Å². The first kappa shape index (κ1) is 21.6.